The summed E-state index contributed by atoms with van der Waals surface area (Å²) < 4.78 is 13.4. The minimum absolute atomic E-state index is 0.0706. The van der Waals surface area contributed by atoms with Crippen LogP contribution in [0.2, 0.25) is 0 Å². The van der Waals surface area contributed by atoms with Crippen molar-refractivity contribution in [1.82, 2.24) is 5.32 Å². The van der Waals surface area contributed by atoms with E-state index in [4.69, 9.17) is 5.11 Å². The molecule has 1 aromatic rings. The first-order chi connectivity index (χ1) is 8.04. The highest BCUT2D eigenvalue weighted by Gasteiger charge is 2.12. The van der Waals surface area contributed by atoms with Crippen LogP contribution in [0.3, 0.4) is 0 Å². The Morgan fingerprint density at radius 1 is 1.53 bits per heavy atom. The number of hydrogen-bond donors (Lipinski definition) is 2. The van der Waals surface area contributed by atoms with E-state index < -0.39 is 11.7 Å². The Labute approximate surface area is 101 Å². The van der Waals surface area contributed by atoms with Crippen molar-refractivity contribution in [2.45, 2.75) is 20.3 Å². The third-order valence-electron chi connectivity index (χ3n) is 2.60. The molecular weight excluding hydrogens is 221 g/mol. The van der Waals surface area contributed by atoms with E-state index in [-0.39, 0.29) is 18.1 Å². The fourth-order valence-corrected chi connectivity index (χ4v) is 1.50. The van der Waals surface area contributed by atoms with Gasteiger partial charge in [-0.1, -0.05) is 18.6 Å². The molecule has 94 valence electrons. The molecule has 2 N–H and O–H groups in total. The van der Waals surface area contributed by atoms with Gasteiger partial charge in [0.25, 0.3) is 5.91 Å². The van der Waals surface area contributed by atoms with Gasteiger partial charge in [-0.15, -0.1) is 0 Å². The molecule has 4 heteroatoms. The van der Waals surface area contributed by atoms with E-state index >= 15 is 0 Å². The molecule has 3 nitrogen and oxygen atoms in total. The van der Waals surface area contributed by atoms with Crippen LogP contribution in [0.5, 0.6) is 0 Å². The summed E-state index contributed by atoms with van der Waals surface area (Å²) in [5.41, 5.74) is 0.918. The van der Waals surface area contributed by atoms with E-state index in [2.05, 4.69) is 5.32 Å². The molecule has 1 aromatic carbocycles. The van der Waals surface area contributed by atoms with Gasteiger partial charge in [-0.2, -0.15) is 0 Å². The minimum Gasteiger partial charge on any atom is -0.396 e. The fraction of sp³-hybridized carbons (Fsp3) is 0.462. The molecular formula is C13H18FNO2. The molecule has 0 aromatic heterocycles. The molecule has 0 saturated heterocycles. The lowest BCUT2D eigenvalue weighted by atomic mass is 10.1. The van der Waals surface area contributed by atoms with Crippen molar-refractivity contribution >= 4 is 5.91 Å². The molecule has 0 spiro atoms. The maximum Gasteiger partial charge on any atom is 0.254 e. The Morgan fingerprint density at radius 3 is 2.88 bits per heavy atom. The number of carbonyl (C=O) groups is 1. The van der Waals surface area contributed by atoms with E-state index in [1.54, 1.807) is 6.07 Å². The highest BCUT2D eigenvalue weighted by atomic mass is 19.1. The second-order valence-electron chi connectivity index (χ2n) is 4.31. The van der Waals surface area contributed by atoms with Gasteiger partial charge in [0.1, 0.15) is 5.82 Å². The SMILES string of the molecule is Cc1ccc(F)c(C(=O)NCC(C)CCO)c1. The Morgan fingerprint density at radius 2 is 2.24 bits per heavy atom. The first-order valence-electron chi connectivity index (χ1n) is 5.69. The van der Waals surface area contributed by atoms with Crippen molar-refractivity contribution in [3.05, 3.63) is 35.1 Å². The Kier molecular flexibility index (Phi) is 5.10. The van der Waals surface area contributed by atoms with E-state index in [1.165, 1.54) is 12.1 Å². The van der Waals surface area contributed by atoms with Crippen LogP contribution in [-0.4, -0.2) is 24.2 Å². The van der Waals surface area contributed by atoms with Crippen LogP contribution < -0.4 is 5.32 Å². The predicted octanol–water partition coefficient (Wildman–Crippen LogP) is 1.88. The maximum atomic E-state index is 13.4. The van der Waals surface area contributed by atoms with Crippen LogP contribution in [0.25, 0.3) is 0 Å². The number of benzene rings is 1. The molecule has 0 radical (unpaired) electrons. The van der Waals surface area contributed by atoms with Gasteiger partial charge in [0.05, 0.1) is 5.56 Å². The standard InChI is InChI=1S/C13H18FNO2/c1-9-3-4-12(14)11(7-9)13(17)15-8-10(2)5-6-16/h3-4,7,10,16H,5-6,8H2,1-2H3,(H,15,17). The lowest BCUT2D eigenvalue weighted by Crippen LogP contribution is -2.29. The molecule has 17 heavy (non-hydrogen) atoms. The van der Waals surface area contributed by atoms with Gasteiger partial charge < -0.3 is 10.4 Å². The summed E-state index contributed by atoms with van der Waals surface area (Å²) >= 11 is 0. The number of hydrogen-bond acceptors (Lipinski definition) is 2. The molecule has 0 saturated carbocycles. The zero-order chi connectivity index (χ0) is 12.8. The largest absolute Gasteiger partial charge is 0.396 e. The number of nitrogens with one attached hydrogen (secondary N) is 1. The van der Waals surface area contributed by atoms with Gasteiger partial charge >= 0.3 is 0 Å². The third kappa shape index (κ3) is 4.15. The molecule has 0 aliphatic heterocycles. The van der Waals surface area contributed by atoms with Gasteiger partial charge in [-0.3, -0.25) is 4.79 Å². The third-order valence-corrected chi connectivity index (χ3v) is 2.60. The first kappa shape index (κ1) is 13.6. The number of aryl methyl sites for hydroxylation is 1. The highest BCUT2D eigenvalue weighted by Crippen LogP contribution is 2.10. The molecule has 0 aliphatic rings. The van der Waals surface area contributed by atoms with Crippen LogP contribution in [-0.2, 0) is 0 Å². The van der Waals surface area contributed by atoms with Gasteiger partial charge in [0.2, 0.25) is 0 Å². The van der Waals surface area contributed by atoms with Gasteiger partial charge in [0.15, 0.2) is 0 Å². The summed E-state index contributed by atoms with van der Waals surface area (Å²) in [7, 11) is 0. The topological polar surface area (TPSA) is 49.3 Å². The van der Waals surface area contributed by atoms with E-state index in [1.807, 2.05) is 13.8 Å². The van der Waals surface area contributed by atoms with Crippen LogP contribution in [0.4, 0.5) is 4.39 Å². The molecule has 1 atom stereocenters. The van der Waals surface area contributed by atoms with Crippen LogP contribution in [0, 0.1) is 18.7 Å². The number of rotatable bonds is 5. The number of carbonyl (C=O) groups excluding carboxylic acids is 1. The molecule has 0 bridgehead atoms. The number of amides is 1. The molecule has 1 rings (SSSR count). The van der Waals surface area contributed by atoms with Crippen LogP contribution in [0.1, 0.15) is 29.3 Å². The number of aliphatic hydroxyl groups is 1. The Hall–Kier alpha value is -1.42. The van der Waals surface area contributed by atoms with E-state index in [9.17, 15) is 9.18 Å². The van der Waals surface area contributed by atoms with Gasteiger partial charge in [-0.05, 0) is 31.4 Å². The minimum atomic E-state index is -0.511. The second kappa shape index (κ2) is 6.35. The molecule has 0 fully saturated rings. The highest BCUT2D eigenvalue weighted by molar-refractivity contribution is 5.94. The second-order valence-corrected chi connectivity index (χ2v) is 4.31. The molecule has 1 unspecified atom stereocenters. The fourth-order valence-electron chi connectivity index (χ4n) is 1.50. The van der Waals surface area contributed by atoms with Crippen molar-refractivity contribution in [1.29, 1.82) is 0 Å². The lowest BCUT2D eigenvalue weighted by molar-refractivity contribution is 0.0941. The van der Waals surface area contributed by atoms with Crippen molar-refractivity contribution in [3.63, 3.8) is 0 Å². The summed E-state index contributed by atoms with van der Waals surface area (Å²) in [5, 5.41) is 11.4. The quantitative estimate of drug-likeness (QED) is 0.824. The zero-order valence-corrected chi connectivity index (χ0v) is 10.2. The maximum absolute atomic E-state index is 13.4. The van der Waals surface area contributed by atoms with Crippen molar-refractivity contribution in [2.24, 2.45) is 5.92 Å². The van der Waals surface area contributed by atoms with Gasteiger partial charge in [0, 0.05) is 13.2 Å². The van der Waals surface area contributed by atoms with Crippen molar-refractivity contribution in [3.8, 4) is 0 Å². The average molecular weight is 239 g/mol. The van der Waals surface area contributed by atoms with Gasteiger partial charge in [-0.25, -0.2) is 4.39 Å². The van der Waals surface area contributed by atoms with E-state index in [0.29, 0.717) is 13.0 Å². The summed E-state index contributed by atoms with van der Waals surface area (Å²) in [5.74, 6) is -0.740. The van der Waals surface area contributed by atoms with E-state index in [0.717, 1.165) is 5.56 Å². The zero-order valence-electron chi connectivity index (χ0n) is 10.2. The summed E-state index contributed by atoms with van der Waals surface area (Å²) in [6.45, 7) is 4.26. The average Bonchev–Trinajstić information content (AvgIpc) is 2.29. The van der Waals surface area contributed by atoms with Crippen molar-refractivity contribution < 1.29 is 14.3 Å². The van der Waals surface area contributed by atoms with Crippen LogP contribution in [0.15, 0.2) is 18.2 Å². The van der Waals surface area contributed by atoms with Crippen molar-refractivity contribution in [2.75, 3.05) is 13.2 Å². The van der Waals surface area contributed by atoms with Crippen LogP contribution >= 0.6 is 0 Å². The molecule has 0 heterocycles. The Balaban J connectivity index is 2.61. The monoisotopic (exact) mass is 239 g/mol. The number of halogens is 1. The smallest absolute Gasteiger partial charge is 0.254 e. The molecule has 1 amide bonds. The predicted molar refractivity (Wildman–Crippen MR) is 64.3 cm³/mol. The first-order valence-corrected chi connectivity index (χ1v) is 5.69. The number of aliphatic hydroxyl groups excluding tert-OH is 1. The molecule has 0 aliphatic carbocycles. The normalized spacial score (nSPS) is 12.2. The Bertz CT molecular complexity index is 393. The summed E-state index contributed by atoms with van der Waals surface area (Å²) in [4.78, 5) is 11.7. The summed E-state index contributed by atoms with van der Waals surface area (Å²) in [6, 6.07) is 4.45. The summed E-state index contributed by atoms with van der Waals surface area (Å²) in [6.07, 6.45) is 0.622. The lowest BCUT2D eigenvalue weighted by Gasteiger charge is -2.11.